The third-order valence-corrected chi connectivity index (χ3v) is 0. The molecule has 0 atom stereocenters. The predicted molar refractivity (Wildman–Crippen MR) is 25.7 cm³/mol. The summed E-state index contributed by atoms with van der Waals surface area (Å²) in [5.41, 5.74) is 0. The van der Waals surface area contributed by atoms with Crippen molar-refractivity contribution < 1.29 is 19.5 Å². The Bertz CT molecular complexity index is 3.61. The summed E-state index contributed by atoms with van der Waals surface area (Å²) in [5.74, 6) is 0. The maximum atomic E-state index is 0. The molecule has 0 unspecified atom stereocenters. The first-order chi connectivity index (χ1) is 0. The van der Waals surface area contributed by atoms with Crippen molar-refractivity contribution in [2.75, 3.05) is 0 Å². The van der Waals surface area contributed by atoms with Gasteiger partial charge in [-0.1, -0.05) is 0 Å². The Morgan fingerprint density at radius 2 is 0.400 bits per heavy atom. The third-order valence-electron chi connectivity index (χ3n) is 0. The van der Waals surface area contributed by atoms with Gasteiger partial charge in [-0.15, -0.1) is 0 Å². The van der Waals surface area contributed by atoms with E-state index in [1.165, 1.54) is 0 Å². The third kappa shape index (κ3) is 81.9. The number of rotatable bonds is 0. The van der Waals surface area contributed by atoms with E-state index in [-0.39, 0.29) is 49.2 Å². The quantitative estimate of drug-likeness (QED) is 0.342. The van der Waals surface area contributed by atoms with Gasteiger partial charge in [-0.05, 0) is 0 Å². The Labute approximate surface area is 49.7 Å². The Morgan fingerprint density at radius 1 is 0.400 bits per heavy atom. The standard InChI is InChI=1S/4CH3.Zn/h4*1H3;/q4*-1;+2. The van der Waals surface area contributed by atoms with Gasteiger partial charge in [0.15, 0.2) is 0 Å². The molecule has 0 saturated heterocycles. The fraction of sp³-hybridized carbons (Fsp3) is 0. The van der Waals surface area contributed by atoms with Gasteiger partial charge in [0, 0.05) is 0 Å². The van der Waals surface area contributed by atoms with Gasteiger partial charge in [0.25, 0.3) is 0 Å². The smallest absolute Gasteiger partial charge is 0.358 e. The van der Waals surface area contributed by atoms with E-state index in [4.69, 9.17) is 0 Å². The maximum Gasteiger partial charge on any atom is 2.00 e. The zero-order chi connectivity index (χ0) is 0. The summed E-state index contributed by atoms with van der Waals surface area (Å²) in [4.78, 5) is 0. The van der Waals surface area contributed by atoms with E-state index in [2.05, 4.69) is 0 Å². The zero-order valence-corrected chi connectivity index (χ0v) is 7.67. The number of hydrogen-bond donors (Lipinski definition) is 0. The minimum Gasteiger partial charge on any atom is -0.358 e. The molecule has 0 aromatic heterocycles. The molecule has 32 valence electrons. The average Bonchev–Trinajstić information content (AvgIpc) is 0. The second kappa shape index (κ2) is 156. The molecule has 0 rings (SSSR count). The van der Waals surface area contributed by atoms with Gasteiger partial charge in [-0.25, -0.2) is 0 Å². The van der Waals surface area contributed by atoms with Crippen molar-refractivity contribution >= 4 is 0 Å². The molecule has 0 N–H and O–H groups in total. The maximum absolute atomic E-state index is 0. The summed E-state index contributed by atoms with van der Waals surface area (Å²) in [5, 5.41) is 0. The molecule has 0 bridgehead atoms. The van der Waals surface area contributed by atoms with Crippen LogP contribution in [0.15, 0.2) is 0 Å². The van der Waals surface area contributed by atoms with Crippen LogP contribution in [0, 0.1) is 29.7 Å². The molecule has 0 aliphatic heterocycles. The molecule has 0 amide bonds. The summed E-state index contributed by atoms with van der Waals surface area (Å²) in [7, 11) is 0. The summed E-state index contributed by atoms with van der Waals surface area (Å²) in [6.45, 7) is 0. The first kappa shape index (κ1) is 309. The average molecular weight is 126 g/mol. The Balaban J connectivity index is 0. The van der Waals surface area contributed by atoms with Crippen molar-refractivity contribution in [3.8, 4) is 0 Å². The molecule has 5 heavy (non-hydrogen) atoms. The molecule has 0 aliphatic rings. The van der Waals surface area contributed by atoms with E-state index in [0.29, 0.717) is 0 Å². The van der Waals surface area contributed by atoms with Crippen molar-refractivity contribution in [1.29, 1.82) is 0 Å². The van der Waals surface area contributed by atoms with Crippen LogP contribution in [0.25, 0.3) is 0 Å². The molecule has 0 aromatic carbocycles. The van der Waals surface area contributed by atoms with Crippen LogP contribution in [0.5, 0.6) is 0 Å². The van der Waals surface area contributed by atoms with E-state index >= 15 is 0 Å². The van der Waals surface area contributed by atoms with Crippen molar-refractivity contribution in [3.63, 3.8) is 0 Å². The molecular formula is C4H12Zn-2. The molecule has 0 nitrogen and oxygen atoms in total. The fourth-order valence-corrected chi connectivity index (χ4v) is 0. The van der Waals surface area contributed by atoms with Crippen molar-refractivity contribution in [2.24, 2.45) is 0 Å². The van der Waals surface area contributed by atoms with Gasteiger partial charge in [0.2, 0.25) is 0 Å². The zero-order valence-electron chi connectivity index (χ0n) is 4.71. The minimum atomic E-state index is 0. The van der Waals surface area contributed by atoms with Gasteiger partial charge in [0.1, 0.15) is 0 Å². The SMILES string of the molecule is [CH3-].[CH3-].[CH3-].[CH3-].[Zn+2]. The van der Waals surface area contributed by atoms with Crippen LogP contribution in [0.1, 0.15) is 0 Å². The molecule has 0 heterocycles. The van der Waals surface area contributed by atoms with E-state index < -0.39 is 0 Å². The monoisotopic (exact) mass is 124 g/mol. The van der Waals surface area contributed by atoms with Crippen LogP contribution in [0.3, 0.4) is 0 Å². The summed E-state index contributed by atoms with van der Waals surface area (Å²) >= 11 is 0. The largest absolute Gasteiger partial charge is 2.00 e. The van der Waals surface area contributed by atoms with Crippen LogP contribution in [-0.2, 0) is 19.5 Å². The summed E-state index contributed by atoms with van der Waals surface area (Å²) < 4.78 is 0. The van der Waals surface area contributed by atoms with Crippen molar-refractivity contribution in [1.82, 2.24) is 0 Å². The fourth-order valence-electron chi connectivity index (χ4n) is 0. The molecule has 1 heteroatoms. The second-order valence-corrected chi connectivity index (χ2v) is 0. The molecule has 0 saturated carbocycles. The van der Waals surface area contributed by atoms with E-state index in [1.807, 2.05) is 0 Å². The first-order valence-electron chi connectivity index (χ1n) is 0. The molecule has 0 fully saturated rings. The van der Waals surface area contributed by atoms with Gasteiger partial charge < -0.3 is 29.7 Å². The molecule has 0 spiro atoms. The molecule has 0 radical (unpaired) electrons. The van der Waals surface area contributed by atoms with Crippen LogP contribution >= 0.6 is 0 Å². The van der Waals surface area contributed by atoms with E-state index in [0.717, 1.165) is 0 Å². The minimum absolute atomic E-state index is 0. The second-order valence-electron chi connectivity index (χ2n) is 0. The van der Waals surface area contributed by atoms with Crippen molar-refractivity contribution in [3.05, 3.63) is 29.7 Å². The van der Waals surface area contributed by atoms with Crippen LogP contribution < -0.4 is 0 Å². The predicted octanol–water partition coefficient (Wildman–Crippen LogP) is 1.80. The van der Waals surface area contributed by atoms with Gasteiger partial charge in [0.05, 0.1) is 0 Å². The van der Waals surface area contributed by atoms with E-state index in [1.54, 1.807) is 0 Å². The van der Waals surface area contributed by atoms with Crippen LogP contribution in [-0.4, -0.2) is 0 Å². The molecular weight excluding hydrogens is 113 g/mol. The normalized spacial score (nSPS) is 0. The first-order valence-corrected chi connectivity index (χ1v) is 0. The molecule has 0 aromatic rings. The van der Waals surface area contributed by atoms with Crippen LogP contribution in [0.4, 0.5) is 0 Å². The summed E-state index contributed by atoms with van der Waals surface area (Å²) in [6, 6.07) is 0. The Morgan fingerprint density at radius 3 is 0.400 bits per heavy atom. The van der Waals surface area contributed by atoms with Gasteiger partial charge >= 0.3 is 19.5 Å². The van der Waals surface area contributed by atoms with Gasteiger partial charge in [-0.3, -0.25) is 0 Å². The van der Waals surface area contributed by atoms with Gasteiger partial charge in [-0.2, -0.15) is 0 Å². The Kier molecular flexibility index (Phi) is 9660. The number of hydrogen-bond acceptors (Lipinski definition) is 0. The van der Waals surface area contributed by atoms with E-state index in [9.17, 15) is 0 Å². The topological polar surface area (TPSA) is 0 Å². The van der Waals surface area contributed by atoms with Crippen molar-refractivity contribution in [2.45, 2.75) is 0 Å². The van der Waals surface area contributed by atoms with Crippen LogP contribution in [0.2, 0.25) is 0 Å². The summed E-state index contributed by atoms with van der Waals surface area (Å²) in [6.07, 6.45) is 0. The Hall–Kier alpha value is 0.623. The molecule has 0 aliphatic carbocycles.